The number of aryl methyl sites for hydroxylation is 1. The molecule has 0 spiro atoms. The Bertz CT molecular complexity index is 505. The van der Waals surface area contributed by atoms with Crippen LogP contribution < -0.4 is 0 Å². The Labute approximate surface area is 129 Å². The van der Waals surface area contributed by atoms with Crippen molar-refractivity contribution in [2.75, 3.05) is 13.1 Å². The Morgan fingerprint density at radius 3 is 2.41 bits per heavy atom. The van der Waals surface area contributed by atoms with Gasteiger partial charge < -0.3 is 15.1 Å². The van der Waals surface area contributed by atoms with Gasteiger partial charge in [-0.05, 0) is 37.9 Å². The molecule has 7 heteroatoms. The number of carbonyl (C=O) groups is 2. The van der Waals surface area contributed by atoms with E-state index in [2.05, 4.69) is 28.9 Å². The Morgan fingerprint density at radius 2 is 1.91 bits per heavy atom. The molecule has 22 heavy (non-hydrogen) atoms. The van der Waals surface area contributed by atoms with Gasteiger partial charge in [0.15, 0.2) is 0 Å². The smallest absolute Gasteiger partial charge is 0.328 e. The second kappa shape index (κ2) is 8.99. The number of rotatable bonds is 5. The van der Waals surface area contributed by atoms with E-state index >= 15 is 0 Å². The maximum Gasteiger partial charge on any atom is 0.328 e. The monoisotopic (exact) mass is 309 g/mol. The molecule has 1 atom stereocenters. The number of aliphatic carboxylic acids is 2. The van der Waals surface area contributed by atoms with Crippen LogP contribution in [0, 0.1) is 0 Å². The van der Waals surface area contributed by atoms with Gasteiger partial charge in [0.25, 0.3) is 0 Å². The normalized spacial score (nSPS) is 17.0. The topological polar surface area (TPSA) is 107 Å². The van der Waals surface area contributed by atoms with E-state index in [0.29, 0.717) is 12.2 Å². The Kier molecular flexibility index (Phi) is 7.31. The quantitative estimate of drug-likeness (QED) is 0.708. The predicted octanol–water partition coefficient (Wildman–Crippen LogP) is 1.32. The third-order valence-electron chi connectivity index (χ3n) is 3.69. The molecule has 2 rings (SSSR count). The van der Waals surface area contributed by atoms with Crippen molar-refractivity contribution < 1.29 is 19.8 Å². The summed E-state index contributed by atoms with van der Waals surface area (Å²) in [5.74, 6) is -2.51. The third kappa shape index (κ3) is 5.69. The van der Waals surface area contributed by atoms with Gasteiger partial charge in [0, 0.05) is 23.9 Å². The summed E-state index contributed by atoms with van der Waals surface area (Å²) in [6.45, 7) is 6.81. The highest BCUT2D eigenvalue weighted by Crippen LogP contribution is 2.22. The third-order valence-corrected chi connectivity index (χ3v) is 3.69. The first-order valence-electron chi connectivity index (χ1n) is 7.37. The first-order valence-corrected chi connectivity index (χ1v) is 7.37. The minimum atomic E-state index is -1.26. The summed E-state index contributed by atoms with van der Waals surface area (Å²) >= 11 is 0. The molecule has 1 aliphatic rings. The molecule has 122 valence electrons. The van der Waals surface area contributed by atoms with E-state index in [4.69, 9.17) is 10.2 Å². The number of hydrogen-bond donors (Lipinski definition) is 3. The number of carboxylic acids is 2. The van der Waals surface area contributed by atoms with Crippen LogP contribution >= 0.6 is 0 Å². The van der Waals surface area contributed by atoms with Gasteiger partial charge in [0.05, 0.1) is 6.20 Å². The number of carboxylic acid groups (broad SMARTS) is 2. The molecule has 1 unspecified atom stereocenters. The Balaban J connectivity index is 0.000000261. The molecule has 0 aliphatic heterocycles. The fourth-order valence-corrected chi connectivity index (χ4v) is 2.59. The lowest BCUT2D eigenvalue weighted by molar-refractivity contribution is -0.134. The largest absolute Gasteiger partial charge is 0.478 e. The minimum Gasteiger partial charge on any atom is -0.478 e. The average molecular weight is 309 g/mol. The molecule has 1 aromatic rings. The molecule has 0 saturated carbocycles. The van der Waals surface area contributed by atoms with Crippen LogP contribution in [0.3, 0.4) is 0 Å². The second-order valence-electron chi connectivity index (χ2n) is 5.00. The zero-order valence-electron chi connectivity index (χ0n) is 13.0. The molecule has 0 bridgehead atoms. The number of hydrogen-bond acceptors (Lipinski definition) is 4. The van der Waals surface area contributed by atoms with Crippen LogP contribution in [0.4, 0.5) is 0 Å². The lowest BCUT2D eigenvalue weighted by Gasteiger charge is -2.32. The summed E-state index contributed by atoms with van der Waals surface area (Å²) < 4.78 is 0. The van der Waals surface area contributed by atoms with Gasteiger partial charge in [-0.15, -0.1) is 0 Å². The van der Waals surface area contributed by atoms with Crippen LogP contribution in [-0.2, 0) is 22.4 Å². The van der Waals surface area contributed by atoms with Crippen molar-refractivity contribution in [3.8, 4) is 0 Å². The summed E-state index contributed by atoms with van der Waals surface area (Å²) in [5.41, 5.74) is 2.78. The van der Waals surface area contributed by atoms with E-state index in [1.54, 1.807) is 0 Å². The van der Waals surface area contributed by atoms with Gasteiger partial charge in [-0.1, -0.05) is 13.8 Å². The molecule has 7 nitrogen and oxygen atoms in total. The molecule has 0 saturated heterocycles. The van der Waals surface area contributed by atoms with Crippen molar-refractivity contribution in [2.24, 2.45) is 0 Å². The van der Waals surface area contributed by atoms with E-state index in [9.17, 15) is 9.59 Å². The first kappa shape index (κ1) is 17.9. The molecule has 1 aromatic heterocycles. The number of aromatic amines is 1. The molecular formula is C15H23N3O4. The minimum absolute atomic E-state index is 0.558. The van der Waals surface area contributed by atoms with Crippen molar-refractivity contribution in [3.05, 3.63) is 29.6 Å². The molecule has 0 aromatic carbocycles. The number of nitrogens with one attached hydrogen (secondary N) is 1. The standard InChI is InChI=1S/C11H19N3.C4H4O4/c1-3-14(4-2)10-5-6-11-9(7-10)8-12-13-11;5-3(6)1-2-4(7)8/h8,10H,3-7H2,1-2H3,(H,12,13);1-2H,(H,5,6)(H,7,8)/b;2-1-. The molecule has 3 N–H and O–H groups in total. The SMILES string of the molecule is CCN(CC)C1CCc2[nH]ncc2C1.O=C(O)/C=C\C(=O)O. The van der Waals surface area contributed by atoms with Crippen LogP contribution in [0.2, 0.25) is 0 Å². The molecule has 0 amide bonds. The van der Waals surface area contributed by atoms with Crippen LogP contribution in [0.1, 0.15) is 31.5 Å². The van der Waals surface area contributed by atoms with Gasteiger partial charge in [0.1, 0.15) is 0 Å². The maximum atomic E-state index is 9.55. The highest BCUT2D eigenvalue weighted by atomic mass is 16.4. The summed E-state index contributed by atoms with van der Waals surface area (Å²) in [6, 6.07) is 0.732. The van der Waals surface area contributed by atoms with Gasteiger partial charge in [-0.2, -0.15) is 5.10 Å². The Morgan fingerprint density at radius 1 is 1.32 bits per heavy atom. The highest BCUT2D eigenvalue weighted by Gasteiger charge is 2.23. The zero-order chi connectivity index (χ0) is 16.5. The molecule has 0 fully saturated rings. The number of aromatic nitrogens is 2. The van der Waals surface area contributed by atoms with Crippen molar-refractivity contribution in [1.29, 1.82) is 0 Å². The van der Waals surface area contributed by atoms with Gasteiger partial charge in [0.2, 0.25) is 0 Å². The van der Waals surface area contributed by atoms with E-state index in [0.717, 1.165) is 25.6 Å². The number of nitrogens with zero attached hydrogens (tertiary/aromatic N) is 2. The predicted molar refractivity (Wildman–Crippen MR) is 81.7 cm³/mol. The van der Waals surface area contributed by atoms with Gasteiger partial charge in [-0.25, -0.2) is 9.59 Å². The summed E-state index contributed by atoms with van der Waals surface area (Å²) in [6.07, 6.45) is 6.72. The van der Waals surface area contributed by atoms with E-state index in [1.807, 2.05) is 6.20 Å². The fourth-order valence-electron chi connectivity index (χ4n) is 2.59. The lowest BCUT2D eigenvalue weighted by Crippen LogP contribution is -2.38. The number of likely N-dealkylation sites (N-methyl/N-ethyl adjacent to an activating group) is 1. The van der Waals surface area contributed by atoms with Crippen molar-refractivity contribution in [2.45, 2.75) is 39.2 Å². The lowest BCUT2D eigenvalue weighted by atomic mass is 9.92. The van der Waals surface area contributed by atoms with Crippen LogP contribution in [0.15, 0.2) is 18.3 Å². The van der Waals surface area contributed by atoms with Crippen molar-refractivity contribution >= 4 is 11.9 Å². The van der Waals surface area contributed by atoms with Crippen molar-refractivity contribution in [3.63, 3.8) is 0 Å². The van der Waals surface area contributed by atoms with Crippen LogP contribution in [0.25, 0.3) is 0 Å². The maximum absolute atomic E-state index is 9.55. The fraction of sp³-hybridized carbons (Fsp3) is 0.533. The summed E-state index contributed by atoms with van der Waals surface area (Å²) in [5, 5.41) is 22.8. The van der Waals surface area contributed by atoms with Gasteiger partial charge in [-0.3, -0.25) is 5.10 Å². The second-order valence-corrected chi connectivity index (χ2v) is 5.00. The molecule has 1 heterocycles. The molecule has 1 aliphatic carbocycles. The van der Waals surface area contributed by atoms with Crippen LogP contribution in [-0.4, -0.2) is 56.4 Å². The zero-order valence-corrected chi connectivity index (χ0v) is 13.0. The molecule has 0 radical (unpaired) electrons. The van der Waals surface area contributed by atoms with E-state index in [1.165, 1.54) is 24.1 Å². The van der Waals surface area contributed by atoms with Crippen LogP contribution in [0.5, 0.6) is 0 Å². The number of fused-ring (bicyclic) bond motifs is 1. The van der Waals surface area contributed by atoms with Gasteiger partial charge >= 0.3 is 11.9 Å². The Hall–Kier alpha value is -2.15. The van der Waals surface area contributed by atoms with E-state index in [-0.39, 0.29) is 0 Å². The summed E-state index contributed by atoms with van der Waals surface area (Å²) in [4.78, 5) is 21.7. The number of H-pyrrole nitrogens is 1. The van der Waals surface area contributed by atoms with E-state index < -0.39 is 11.9 Å². The first-order chi connectivity index (χ1) is 10.5. The average Bonchev–Trinajstić information content (AvgIpc) is 2.95. The molecular weight excluding hydrogens is 286 g/mol. The van der Waals surface area contributed by atoms with Crippen molar-refractivity contribution in [1.82, 2.24) is 15.1 Å². The summed E-state index contributed by atoms with van der Waals surface area (Å²) in [7, 11) is 0. The highest BCUT2D eigenvalue weighted by molar-refractivity contribution is 5.89.